The predicted molar refractivity (Wildman–Crippen MR) is 93.4 cm³/mol. The maximum atomic E-state index is 12.1. The van der Waals surface area contributed by atoms with Crippen molar-refractivity contribution in [2.45, 2.75) is 46.5 Å². The van der Waals surface area contributed by atoms with Crippen molar-refractivity contribution in [2.24, 2.45) is 5.92 Å². The average Bonchev–Trinajstić information content (AvgIpc) is 2.54. The van der Waals surface area contributed by atoms with Crippen molar-refractivity contribution in [1.29, 1.82) is 5.26 Å². The third-order valence-electron chi connectivity index (χ3n) is 3.93. The zero-order chi connectivity index (χ0) is 17.2. The van der Waals surface area contributed by atoms with E-state index in [4.69, 9.17) is 10.5 Å². The second-order valence-corrected chi connectivity index (χ2v) is 5.80. The Morgan fingerprint density at radius 1 is 1.43 bits per heavy atom. The van der Waals surface area contributed by atoms with Crippen LogP contribution in [-0.4, -0.2) is 12.6 Å². The quantitative estimate of drug-likeness (QED) is 0.337. The lowest BCUT2D eigenvalue weighted by Crippen LogP contribution is -2.15. The van der Waals surface area contributed by atoms with Crippen molar-refractivity contribution in [1.82, 2.24) is 0 Å². The van der Waals surface area contributed by atoms with Crippen molar-refractivity contribution < 1.29 is 9.53 Å². The molecule has 1 aromatic carbocycles. The highest BCUT2D eigenvalue weighted by Gasteiger charge is 2.14. The highest BCUT2D eigenvalue weighted by Crippen LogP contribution is 2.17. The molecule has 0 heterocycles. The number of unbranched alkanes of at least 4 members (excludes halogenated alkanes) is 1. The molecule has 4 heteroatoms. The molecule has 0 aliphatic carbocycles. The minimum absolute atomic E-state index is 0.0169. The van der Waals surface area contributed by atoms with Gasteiger partial charge in [0.05, 0.1) is 6.61 Å². The van der Waals surface area contributed by atoms with Crippen molar-refractivity contribution in [3.8, 4) is 6.07 Å². The molecule has 0 aliphatic heterocycles. The van der Waals surface area contributed by atoms with Gasteiger partial charge in [-0.15, -0.1) is 0 Å². The van der Waals surface area contributed by atoms with E-state index in [-0.39, 0.29) is 5.57 Å². The van der Waals surface area contributed by atoms with Crippen molar-refractivity contribution in [3.05, 3.63) is 34.9 Å². The van der Waals surface area contributed by atoms with Crippen LogP contribution in [-0.2, 0) is 9.53 Å². The van der Waals surface area contributed by atoms with Gasteiger partial charge >= 0.3 is 5.97 Å². The van der Waals surface area contributed by atoms with E-state index in [1.807, 2.05) is 19.1 Å². The molecule has 23 heavy (non-hydrogen) atoms. The fourth-order valence-electron chi connectivity index (χ4n) is 2.32. The van der Waals surface area contributed by atoms with Crippen LogP contribution in [0.4, 0.5) is 5.69 Å². The van der Waals surface area contributed by atoms with Crippen molar-refractivity contribution in [3.63, 3.8) is 0 Å². The fourth-order valence-corrected chi connectivity index (χ4v) is 2.32. The molecular formula is C19H26N2O2. The summed E-state index contributed by atoms with van der Waals surface area (Å²) in [5.74, 6) is -0.198. The zero-order valence-corrected chi connectivity index (χ0v) is 14.3. The molecule has 0 saturated carbocycles. The van der Waals surface area contributed by atoms with E-state index in [0.717, 1.165) is 36.8 Å². The SMILES string of the molecule is CCCCC(CC)COC(=O)/C(C#N)=C\c1ccc(N)cc1C. The first-order valence-electron chi connectivity index (χ1n) is 8.16. The Labute approximate surface area is 138 Å². The smallest absolute Gasteiger partial charge is 0.348 e. The fraction of sp³-hybridized carbons (Fsp3) is 0.474. The van der Waals surface area contributed by atoms with Gasteiger partial charge < -0.3 is 10.5 Å². The summed E-state index contributed by atoms with van der Waals surface area (Å²) in [5.41, 5.74) is 8.09. The van der Waals surface area contributed by atoms with E-state index < -0.39 is 5.97 Å². The molecule has 0 radical (unpaired) electrons. The molecule has 0 saturated heterocycles. The topological polar surface area (TPSA) is 76.1 Å². The van der Waals surface area contributed by atoms with Crippen LogP contribution < -0.4 is 5.73 Å². The average molecular weight is 314 g/mol. The standard InChI is InChI=1S/C19H26N2O2/c1-4-6-7-15(5-2)13-23-19(22)17(12-20)11-16-8-9-18(21)10-14(16)3/h8-11,15H,4-7,13,21H2,1-3H3/b17-11-. The summed E-state index contributed by atoms with van der Waals surface area (Å²) in [6.07, 6.45) is 5.83. The molecule has 0 fully saturated rings. The third kappa shape index (κ3) is 6.15. The van der Waals surface area contributed by atoms with Crippen LogP contribution in [0.15, 0.2) is 23.8 Å². The van der Waals surface area contributed by atoms with E-state index in [0.29, 0.717) is 18.2 Å². The number of hydrogen-bond donors (Lipinski definition) is 1. The first-order valence-corrected chi connectivity index (χ1v) is 8.16. The van der Waals surface area contributed by atoms with Gasteiger partial charge in [0.2, 0.25) is 0 Å². The molecule has 1 rings (SSSR count). The van der Waals surface area contributed by atoms with Crippen molar-refractivity contribution >= 4 is 17.7 Å². The lowest BCUT2D eigenvalue weighted by molar-refractivity contribution is -0.139. The number of anilines is 1. The minimum atomic E-state index is -0.557. The Morgan fingerprint density at radius 2 is 2.17 bits per heavy atom. The van der Waals surface area contributed by atoms with Gasteiger partial charge in [0, 0.05) is 5.69 Å². The minimum Gasteiger partial charge on any atom is -0.461 e. The number of nitrogens with zero attached hydrogens (tertiary/aromatic N) is 1. The van der Waals surface area contributed by atoms with E-state index >= 15 is 0 Å². The number of esters is 1. The first kappa shape index (κ1) is 18.8. The summed E-state index contributed by atoms with van der Waals surface area (Å²) in [6.45, 7) is 6.49. The lowest BCUT2D eigenvalue weighted by atomic mass is 10.0. The number of carbonyl (C=O) groups excluding carboxylic acids is 1. The Hall–Kier alpha value is -2.28. The Kier molecular flexibility index (Phi) is 7.90. The second-order valence-electron chi connectivity index (χ2n) is 5.80. The van der Waals surface area contributed by atoms with Crippen LogP contribution in [0.2, 0.25) is 0 Å². The van der Waals surface area contributed by atoms with E-state index in [2.05, 4.69) is 13.8 Å². The van der Waals surface area contributed by atoms with Gasteiger partial charge in [-0.2, -0.15) is 5.26 Å². The molecule has 0 aromatic heterocycles. The molecule has 2 N–H and O–H groups in total. The molecular weight excluding hydrogens is 288 g/mol. The van der Waals surface area contributed by atoms with Crippen LogP contribution in [0.3, 0.4) is 0 Å². The lowest BCUT2D eigenvalue weighted by Gasteiger charge is -2.14. The Bertz CT molecular complexity index is 600. The number of nitrogens with two attached hydrogens (primary N) is 1. The highest BCUT2D eigenvalue weighted by atomic mass is 16.5. The maximum Gasteiger partial charge on any atom is 0.348 e. The molecule has 0 spiro atoms. The molecule has 124 valence electrons. The summed E-state index contributed by atoms with van der Waals surface area (Å²) in [4.78, 5) is 12.1. The van der Waals surface area contributed by atoms with Gasteiger partial charge in [-0.3, -0.25) is 0 Å². The van der Waals surface area contributed by atoms with Gasteiger partial charge in [0.25, 0.3) is 0 Å². The van der Waals surface area contributed by atoms with Gasteiger partial charge in [0.15, 0.2) is 0 Å². The summed E-state index contributed by atoms with van der Waals surface area (Å²) in [6, 6.07) is 7.29. The molecule has 0 bridgehead atoms. The summed E-state index contributed by atoms with van der Waals surface area (Å²) >= 11 is 0. The Balaban J connectivity index is 2.75. The molecule has 0 amide bonds. The van der Waals surface area contributed by atoms with Crippen LogP contribution in [0.5, 0.6) is 0 Å². The van der Waals surface area contributed by atoms with Gasteiger partial charge in [-0.05, 0) is 48.6 Å². The Morgan fingerprint density at radius 3 is 2.74 bits per heavy atom. The van der Waals surface area contributed by atoms with Gasteiger partial charge in [-0.25, -0.2) is 4.79 Å². The number of hydrogen-bond acceptors (Lipinski definition) is 4. The first-order chi connectivity index (χ1) is 11.0. The third-order valence-corrected chi connectivity index (χ3v) is 3.93. The number of aryl methyl sites for hydroxylation is 1. The van der Waals surface area contributed by atoms with E-state index in [1.54, 1.807) is 18.2 Å². The number of benzene rings is 1. The molecule has 0 aliphatic rings. The molecule has 4 nitrogen and oxygen atoms in total. The largest absolute Gasteiger partial charge is 0.461 e. The van der Waals surface area contributed by atoms with Gasteiger partial charge in [0.1, 0.15) is 11.6 Å². The number of nitrogen functional groups attached to an aromatic ring is 1. The number of rotatable bonds is 8. The summed E-state index contributed by atoms with van der Waals surface area (Å²) in [7, 11) is 0. The monoisotopic (exact) mass is 314 g/mol. The summed E-state index contributed by atoms with van der Waals surface area (Å²) in [5, 5.41) is 9.22. The van der Waals surface area contributed by atoms with Crippen LogP contribution >= 0.6 is 0 Å². The van der Waals surface area contributed by atoms with Crippen LogP contribution in [0.25, 0.3) is 6.08 Å². The predicted octanol–water partition coefficient (Wildman–Crippen LogP) is 4.24. The number of nitriles is 1. The van der Waals surface area contributed by atoms with E-state index in [9.17, 15) is 10.1 Å². The maximum absolute atomic E-state index is 12.1. The van der Waals surface area contributed by atoms with Crippen molar-refractivity contribution in [2.75, 3.05) is 12.3 Å². The molecule has 1 aromatic rings. The van der Waals surface area contributed by atoms with Crippen LogP contribution in [0, 0.1) is 24.2 Å². The molecule has 1 unspecified atom stereocenters. The van der Waals surface area contributed by atoms with Gasteiger partial charge in [-0.1, -0.05) is 39.2 Å². The summed E-state index contributed by atoms with van der Waals surface area (Å²) < 4.78 is 5.33. The number of carbonyl (C=O) groups is 1. The van der Waals surface area contributed by atoms with Crippen LogP contribution in [0.1, 0.15) is 50.7 Å². The highest BCUT2D eigenvalue weighted by molar-refractivity contribution is 5.98. The van der Waals surface area contributed by atoms with E-state index in [1.165, 1.54) is 0 Å². The number of ether oxygens (including phenoxy) is 1. The molecule has 1 atom stereocenters. The zero-order valence-electron chi connectivity index (χ0n) is 14.3. The normalized spacial score (nSPS) is 12.5. The second kappa shape index (κ2) is 9.68.